The average molecular weight is 678 g/mol. The van der Waals surface area contributed by atoms with Gasteiger partial charge < -0.3 is 8.83 Å². The highest BCUT2D eigenvalue weighted by molar-refractivity contribution is 7.26. The third kappa shape index (κ3) is 4.65. The van der Waals surface area contributed by atoms with Gasteiger partial charge in [-0.05, 0) is 47.0 Å². The van der Waals surface area contributed by atoms with Gasteiger partial charge in [0, 0.05) is 52.8 Å². The first-order valence-electron chi connectivity index (χ1n) is 17.4. The smallest absolute Gasteiger partial charge is 0.143 e. The monoisotopic (exact) mass is 677 g/mol. The van der Waals surface area contributed by atoms with E-state index in [-0.39, 0.29) is 18.5 Å². The standard InChI is InChI=1S/C45H31N3O2S/c1-2-10-26(11-3-1)43-46-44(48-45(47-43)35-17-9-16-34-32-13-5-7-19-40(32)51-42(34)35)28-20-22-31-36-24-27(21-23-38(36)49-39(31)25-28)29-14-8-15-33-30-12-4-6-18-37(30)50-41(29)33/h1-25,43-48H. The normalized spacial score (nSPS) is 18.2. The van der Waals surface area contributed by atoms with Gasteiger partial charge in [-0.25, -0.2) is 0 Å². The van der Waals surface area contributed by atoms with Crippen molar-refractivity contribution < 1.29 is 8.83 Å². The van der Waals surface area contributed by atoms with Crippen molar-refractivity contribution in [2.24, 2.45) is 0 Å². The Morgan fingerprint density at radius 2 is 1.14 bits per heavy atom. The van der Waals surface area contributed by atoms with Crippen LogP contribution in [-0.4, -0.2) is 0 Å². The molecule has 244 valence electrons. The first-order valence-corrected chi connectivity index (χ1v) is 18.2. The maximum Gasteiger partial charge on any atom is 0.143 e. The molecule has 6 heteroatoms. The summed E-state index contributed by atoms with van der Waals surface area (Å²) in [6, 6.07) is 53.6. The third-order valence-electron chi connectivity index (χ3n) is 10.4. The Labute approximate surface area is 297 Å². The van der Waals surface area contributed by atoms with Crippen molar-refractivity contribution in [1.29, 1.82) is 0 Å². The molecule has 11 rings (SSSR count). The number of fused-ring (bicyclic) bond motifs is 9. The zero-order valence-electron chi connectivity index (χ0n) is 27.4. The molecular weight excluding hydrogens is 647 g/mol. The highest BCUT2D eigenvalue weighted by atomic mass is 32.1. The van der Waals surface area contributed by atoms with E-state index in [0.29, 0.717) is 0 Å². The topological polar surface area (TPSA) is 62.4 Å². The van der Waals surface area contributed by atoms with Crippen LogP contribution in [0.3, 0.4) is 0 Å². The van der Waals surface area contributed by atoms with Crippen LogP contribution >= 0.6 is 11.3 Å². The highest BCUT2D eigenvalue weighted by Gasteiger charge is 2.31. The van der Waals surface area contributed by atoms with Crippen LogP contribution in [0.1, 0.15) is 35.2 Å². The lowest BCUT2D eigenvalue weighted by atomic mass is 9.99. The van der Waals surface area contributed by atoms with E-state index in [1.807, 2.05) is 23.5 Å². The van der Waals surface area contributed by atoms with E-state index in [1.54, 1.807) is 0 Å². The largest absolute Gasteiger partial charge is 0.456 e. The van der Waals surface area contributed by atoms with E-state index in [2.05, 4.69) is 155 Å². The second-order valence-corrected chi connectivity index (χ2v) is 14.4. The van der Waals surface area contributed by atoms with E-state index in [1.165, 1.54) is 31.3 Å². The molecule has 1 saturated heterocycles. The molecule has 5 nitrogen and oxygen atoms in total. The molecule has 4 heterocycles. The second kappa shape index (κ2) is 11.4. The van der Waals surface area contributed by atoms with Gasteiger partial charge >= 0.3 is 0 Å². The quantitative estimate of drug-likeness (QED) is 0.173. The molecule has 0 amide bonds. The summed E-state index contributed by atoms with van der Waals surface area (Å²) in [5.74, 6) is 0. The van der Waals surface area contributed by atoms with E-state index >= 15 is 0 Å². The predicted molar refractivity (Wildman–Crippen MR) is 210 cm³/mol. The Morgan fingerprint density at radius 1 is 0.431 bits per heavy atom. The molecule has 3 atom stereocenters. The molecule has 1 aliphatic heterocycles. The summed E-state index contributed by atoms with van der Waals surface area (Å²) < 4.78 is 15.5. The molecule has 0 aliphatic carbocycles. The number of hydrogen-bond donors (Lipinski definition) is 3. The fourth-order valence-corrected chi connectivity index (χ4v) is 9.21. The number of furan rings is 2. The van der Waals surface area contributed by atoms with Gasteiger partial charge in [0.2, 0.25) is 0 Å². The molecule has 7 aromatic carbocycles. The zero-order chi connectivity index (χ0) is 33.5. The summed E-state index contributed by atoms with van der Waals surface area (Å²) in [6.07, 6.45) is -0.292. The van der Waals surface area contributed by atoms with Crippen molar-refractivity contribution in [2.75, 3.05) is 0 Å². The number of benzene rings is 7. The predicted octanol–water partition coefficient (Wildman–Crippen LogP) is 11.7. The molecule has 0 spiro atoms. The summed E-state index contributed by atoms with van der Waals surface area (Å²) in [4.78, 5) is 0. The lowest BCUT2D eigenvalue weighted by molar-refractivity contribution is 0.204. The van der Waals surface area contributed by atoms with Crippen molar-refractivity contribution >= 4 is 75.4 Å². The maximum atomic E-state index is 6.53. The van der Waals surface area contributed by atoms with Crippen LogP contribution in [0.15, 0.2) is 160 Å². The van der Waals surface area contributed by atoms with Crippen molar-refractivity contribution in [2.45, 2.75) is 18.5 Å². The van der Waals surface area contributed by atoms with Gasteiger partial charge in [-0.3, -0.25) is 16.0 Å². The van der Waals surface area contributed by atoms with Crippen LogP contribution in [0, 0.1) is 0 Å². The maximum absolute atomic E-state index is 6.53. The van der Waals surface area contributed by atoms with Crippen molar-refractivity contribution in [3.8, 4) is 11.1 Å². The average Bonchev–Trinajstić information content (AvgIpc) is 3.88. The first-order chi connectivity index (χ1) is 25.2. The Balaban J connectivity index is 0.993. The van der Waals surface area contributed by atoms with Gasteiger partial charge in [0.1, 0.15) is 22.3 Å². The lowest BCUT2D eigenvalue weighted by Gasteiger charge is -2.39. The Hall–Kier alpha value is -5.76. The van der Waals surface area contributed by atoms with Gasteiger partial charge in [-0.1, -0.05) is 121 Å². The summed E-state index contributed by atoms with van der Waals surface area (Å²) in [6.45, 7) is 0. The fraction of sp³-hybridized carbons (Fsp3) is 0.0667. The van der Waals surface area contributed by atoms with E-state index < -0.39 is 0 Å². The lowest BCUT2D eigenvalue weighted by Crippen LogP contribution is -2.54. The van der Waals surface area contributed by atoms with Crippen LogP contribution in [0.2, 0.25) is 0 Å². The number of nitrogens with one attached hydrogen (secondary N) is 3. The van der Waals surface area contributed by atoms with Gasteiger partial charge in [0.05, 0.1) is 18.5 Å². The molecule has 1 fully saturated rings. The van der Waals surface area contributed by atoms with Crippen LogP contribution < -0.4 is 16.0 Å². The minimum absolute atomic E-state index is 0.0676. The summed E-state index contributed by atoms with van der Waals surface area (Å²) >= 11 is 1.86. The molecule has 51 heavy (non-hydrogen) atoms. The Kier molecular flexibility index (Phi) is 6.48. The molecule has 3 aromatic heterocycles. The van der Waals surface area contributed by atoms with E-state index in [4.69, 9.17) is 8.83 Å². The van der Waals surface area contributed by atoms with Gasteiger partial charge in [0.15, 0.2) is 0 Å². The minimum atomic E-state index is -0.134. The van der Waals surface area contributed by atoms with Crippen molar-refractivity contribution in [3.63, 3.8) is 0 Å². The minimum Gasteiger partial charge on any atom is -0.456 e. The second-order valence-electron chi connectivity index (χ2n) is 13.4. The summed E-state index contributed by atoms with van der Waals surface area (Å²) in [7, 11) is 0. The van der Waals surface area contributed by atoms with Crippen LogP contribution in [-0.2, 0) is 0 Å². The summed E-state index contributed by atoms with van der Waals surface area (Å²) in [5.41, 5.74) is 9.27. The van der Waals surface area contributed by atoms with Crippen LogP contribution in [0.4, 0.5) is 0 Å². The molecule has 1 aliphatic rings. The summed E-state index contributed by atoms with van der Waals surface area (Å²) in [5, 5.41) is 18.7. The van der Waals surface area contributed by atoms with Crippen molar-refractivity contribution in [1.82, 2.24) is 16.0 Å². The number of rotatable bonds is 4. The Bertz CT molecular complexity index is 2940. The molecule has 0 bridgehead atoms. The molecule has 3 unspecified atom stereocenters. The van der Waals surface area contributed by atoms with E-state index in [9.17, 15) is 0 Å². The third-order valence-corrected chi connectivity index (χ3v) is 11.7. The SMILES string of the molecule is c1ccc(C2NC(c3ccc4c(c3)oc3ccc(-c5cccc6c5oc5ccccc56)cc34)NC(c3cccc4c3sc3ccccc34)N2)cc1. The molecule has 0 saturated carbocycles. The first kappa shape index (κ1) is 29.0. The molecule has 10 aromatic rings. The van der Waals surface area contributed by atoms with E-state index in [0.717, 1.165) is 60.6 Å². The number of thiophene rings is 1. The fourth-order valence-electron chi connectivity index (χ4n) is 7.97. The molecule has 3 N–H and O–H groups in total. The van der Waals surface area contributed by atoms with Crippen molar-refractivity contribution in [3.05, 3.63) is 168 Å². The molecule has 0 radical (unpaired) electrons. The van der Waals surface area contributed by atoms with Gasteiger partial charge in [-0.15, -0.1) is 11.3 Å². The Morgan fingerprint density at radius 3 is 2.06 bits per heavy atom. The van der Waals surface area contributed by atoms with Crippen LogP contribution in [0.5, 0.6) is 0 Å². The number of para-hydroxylation sites is 2. The van der Waals surface area contributed by atoms with Gasteiger partial charge in [-0.2, -0.15) is 0 Å². The zero-order valence-corrected chi connectivity index (χ0v) is 28.2. The van der Waals surface area contributed by atoms with Gasteiger partial charge in [0.25, 0.3) is 0 Å². The molecular formula is C45H31N3O2S. The highest BCUT2D eigenvalue weighted by Crippen LogP contribution is 2.41. The number of hydrogen-bond acceptors (Lipinski definition) is 6. The van der Waals surface area contributed by atoms with Crippen LogP contribution in [0.25, 0.3) is 75.2 Å².